The van der Waals surface area contributed by atoms with Crippen LogP contribution in [-0.4, -0.2) is 35.5 Å². The first-order chi connectivity index (χ1) is 6.13. The number of carboxylic acid groups (broad SMARTS) is 1. The number of hydrogen-bond acceptors (Lipinski definition) is 3. The number of hydrogen-bond donors (Lipinski definition) is 2. The summed E-state index contributed by atoms with van der Waals surface area (Å²) in [6, 6.07) is 0. The fourth-order valence-corrected chi connectivity index (χ4v) is 0.905. The van der Waals surface area contributed by atoms with Gasteiger partial charge in [-0.3, -0.25) is 4.79 Å². The fourth-order valence-electron chi connectivity index (χ4n) is 0.905. The maximum atomic E-state index is 10.1. The van der Waals surface area contributed by atoms with Gasteiger partial charge in [-0.05, 0) is 26.2 Å². The topological polar surface area (TPSA) is 66.8 Å². The van der Waals surface area contributed by atoms with Crippen LogP contribution >= 0.6 is 0 Å². The molecule has 0 saturated heterocycles. The summed E-state index contributed by atoms with van der Waals surface area (Å²) in [5.74, 6) is -0.830. The summed E-state index contributed by atoms with van der Waals surface area (Å²) in [6.07, 6.45) is 2.40. The zero-order chi connectivity index (χ0) is 10.1. The van der Waals surface area contributed by atoms with Crippen molar-refractivity contribution in [1.29, 1.82) is 0 Å². The Kier molecular flexibility index (Phi) is 7.63. The smallest absolute Gasteiger partial charge is 0.305 e. The van der Waals surface area contributed by atoms with Crippen molar-refractivity contribution in [2.75, 3.05) is 13.2 Å². The summed E-state index contributed by atoms with van der Waals surface area (Å²) in [6.45, 7) is 2.62. The quantitative estimate of drug-likeness (QED) is 0.561. The minimum absolute atomic E-state index is 0.0659. The van der Waals surface area contributed by atoms with Gasteiger partial charge in [0.2, 0.25) is 0 Å². The summed E-state index contributed by atoms with van der Waals surface area (Å²) in [5.41, 5.74) is 0. The number of carboxylic acids is 1. The molecular formula is C9H18O4. The van der Waals surface area contributed by atoms with Crippen LogP contribution in [-0.2, 0) is 9.53 Å². The maximum Gasteiger partial charge on any atom is 0.305 e. The highest BCUT2D eigenvalue weighted by molar-refractivity contribution is 5.66. The van der Waals surface area contributed by atoms with E-state index in [9.17, 15) is 4.79 Å². The van der Waals surface area contributed by atoms with E-state index in [0.717, 1.165) is 19.3 Å². The van der Waals surface area contributed by atoms with Crippen molar-refractivity contribution in [3.63, 3.8) is 0 Å². The first-order valence-corrected chi connectivity index (χ1v) is 4.60. The third-order valence-corrected chi connectivity index (χ3v) is 1.62. The van der Waals surface area contributed by atoms with Gasteiger partial charge in [-0.1, -0.05) is 0 Å². The average Bonchev–Trinajstić information content (AvgIpc) is 2.01. The van der Waals surface area contributed by atoms with Crippen LogP contribution in [0.2, 0.25) is 0 Å². The molecule has 0 bridgehead atoms. The molecule has 0 fully saturated rings. The van der Waals surface area contributed by atoms with E-state index in [-0.39, 0.29) is 19.1 Å². The lowest BCUT2D eigenvalue weighted by atomic mass is 10.2. The van der Waals surface area contributed by atoms with E-state index < -0.39 is 5.97 Å². The minimum atomic E-state index is -0.830. The molecular weight excluding hydrogens is 172 g/mol. The fraction of sp³-hybridized carbons (Fsp3) is 0.889. The molecule has 0 aromatic carbocycles. The van der Waals surface area contributed by atoms with E-state index in [1.807, 2.05) is 0 Å². The Bertz CT molecular complexity index is 134. The summed E-state index contributed by atoms with van der Waals surface area (Å²) in [5, 5.41) is 17.2. The van der Waals surface area contributed by atoms with Crippen LogP contribution in [0.25, 0.3) is 0 Å². The zero-order valence-electron chi connectivity index (χ0n) is 8.03. The average molecular weight is 190 g/mol. The lowest BCUT2D eigenvalue weighted by molar-refractivity contribution is -0.138. The second kappa shape index (κ2) is 8.01. The van der Waals surface area contributed by atoms with Gasteiger partial charge in [-0.15, -0.1) is 0 Å². The number of carbonyl (C=O) groups is 1. The van der Waals surface area contributed by atoms with Crippen LogP contribution in [0.3, 0.4) is 0 Å². The number of unbranched alkanes of at least 4 members (excludes halogenated alkanes) is 1. The van der Waals surface area contributed by atoms with E-state index in [1.165, 1.54) is 0 Å². The minimum Gasteiger partial charge on any atom is -0.481 e. The standard InChI is InChI=1S/C9H18O4/c1-8(10)4-2-3-6-13-7-5-9(11)12/h8,10H,2-7H2,1H3,(H,11,12). The Hall–Kier alpha value is -0.610. The normalized spacial score (nSPS) is 12.8. The van der Waals surface area contributed by atoms with Gasteiger partial charge in [0.05, 0.1) is 19.1 Å². The Balaban J connectivity index is 2.96. The van der Waals surface area contributed by atoms with Crippen molar-refractivity contribution >= 4 is 5.97 Å². The summed E-state index contributed by atoms with van der Waals surface area (Å²) >= 11 is 0. The van der Waals surface area contributed by atoms with Gasteiger partial charge in [0.25, 0.3) is 0 Å². The highest BCUT2D eigenvalue weighted by Crippen LogP contribution is 2.00. The highest BCUT2D eigenvalue weighted by atomic mass is 16.5. The van der Waals surface area contributed by atoms with E-state index >= 15 is 0 Å². The summed E-state index contributed by atoms with van der Waals surface area (Å²) < 4.78 is 5.06. The Labute approximate surface area is 78.5 Å². The van der Waals surface area contributed by atoms with Crippen molar-refractivity contribution in [2.24, 2.45) is 0 Å². The molecule has 0 aromatic heterocycles. The van der Waals surface area contributed by atoms with Gasteiger partial charge in [0.1, 0.15) is 0 Å². The van der Waals surface area contributed by atoms with E-state index in [0.29, 0.717) is 6.61 Å². The van der Waals surface area contributed by atoms with Crippen LogP contribution in [0, 0.1) is 0 Å². The molecule has 0 aromatic rings. The summed E-state index contributed by atoms with van der Waals surface area (Å²) in [4.78, 5) is 10.1. The highest BCUT2D eigenvalue weighted by Gasteiger charge is 1.97. The van der Waals surface area contributed by atoms with Gasteiger partial charge in [0, 0.05) is 6.61 Å². The predicted octanol–water partition coefficient (Wildman–Crippen LogP) is 1.03. The van der Waals surface area contributed by atoms with E-state index in [2.05, 4.69) is 0 Å². The van der Waals surface area contributed by atoms with Crippen molar-refractivity contribution in [1.82, 2.24) is 0 Å². The van der Waals surface area contributed by atoms with Gasteiger partial charge < -0.3 is 14.9 Å². The molecule has 0 heterocycles. The van der Waals surface area contributed by atoms with Crippen LogP contribution in [0.4, 0.5) is 0 Å². The Morgan fingerprint density at radius 1 is 1.38 bits per heavy atom. The second-order valence-electron chi connectivity index (χ2n) is 3.10. The maximum absolute atomic E-state index is 10.1. The number of aliphatic hydroxyl groups excluding tert-OH is 1. The van der Waals surface area contributed by atoms with Crippen molar-refractivity contribution in [2.45, 2.75) is 38.7 Å². The van der Waals surface area contributed by atoms with Gasteiger partial charge in [-0.25, -0.2) is 0 Å². The molecule has 0 aliphatic rings. The SMILES string of the molecule is CC(O)CCCCOCCC(=O)O. The number of ether oxygens (including phenoxy) is 1. The third-order valence-electron chi connectivity index (χ3n) is 1.62. The largest absolute Gasteiger partial charge is 0.481 e. The monoisotopic (exact) mass is 190 g/mol. The molecule has 78 valence electrons. The molecule has 0 spiro atoms. The molecule has 1 atom stereocenters. The van der Waals surface area contributed by atoms with Gasteiger partial charge in [-0.2, -0.15) is 0 Å². The lowest BCUT2D eigenvalue weighted by Gasteiger charge is -2.04. The molecule has 0 saturated carbocycles. The van der Waals surface area contributed by atoms with Gasteiger partial charge >= 0.3 is 5.97 Å². The molecule has 4 heteroatoms. The number of aliphatic carboxylic acids is 1. The van der Waals surface area contributed by atoms with Crippen LogP contribution in [0.15, 0.2) is 0 Å². The van der Waals surface area contributed by atoms with Crippen molar-refractivity contribution in [3.8, 4) is 0 Å². The molecule has 13 heavy (non-hydrogen) atoms. The molecule has 0 aliphatic heterocycles. The third kappa shape index (κ3) is 11.4. The van der Waals surface area contributed by atoms with Crippen molar-refractivity contribution in [3.05, 3.63) is 0 Å². The van der Waals surface area contributed by atoms with Gasteiger partial charge in [0.15, 0.2) is 0 Å². The molecule has 1 unspecified atom stereocenters. The molecule has 0 amide bonds. The van der Waals surface area contributed by atoms with Crippen LogP contribution < -0.4 is 0 Å². The predicted molar refractivity (Wildman–Crippen MR) is 48.6 cm³/mol. The second-order valence-corrected chi connectivity index (χ2v) is 3.10. The van der Waals surface area contributed by atoms with E-state index in [1.54, 1.807) is 6.92 Å². The first kappa shape index (κ1) is 12.4. The molecule has 4 nitrogen and oxygen atoms in total. The van der Waals surface area contributed by atoms with Crippen molar-refractivity contribution < 1.29 is 19.7 Å². The first-order valence-electron chi connectivity index (χ1n) is 4.60. The lowest BCUT2D eigenvalue weighted by Crippen LogP contribution is -2.04. The van der Waals surface area contributed by atoms with Crippen LogP contribution in [0.5, 0.6) is 0 Å². The van der Waals surface area contributed by atoms with Crippen LogP contribution in [0.1, 0.15) is 32.6 Å². The Morgan fingerprint density at radius 2 is 2.08 bits per heavy atom. The number of rotatable bonds is 8. The molecule has 0 aliphatic carbocycles. The zero-order valence-corrected chi connectivity index (χ0v) is 8.03. The Morgan fingerprint density at radius 3 is 2.62 bits per heavy atom. The molecule has 0 radical (unpaired) electrons. The molecule has 2 N–H and O–H groups in total. The van der Waals surface area contributed by atoms with E-state index in [4.69, 9.17) is 14.9 Å². The number of aliphatic hydroxyl groups is 1. The molecule has 0 rings (SSSR count). The summed E-state index contributed by atoms with van der Waals surface area (Å²) in [7, 11) is 0.